The summed E-state index contributed by atoms with van der Waals surface area (Å²) in [6.07, 6.45) is 1.65. The highest BCUT2D eigenvalue weighted by molar-refractivity contribution is 7.22. The zero-order valence-corrected chi connectivity index (χ0v) is 13.4. The fraction of sp³-hybridized carbons (Fsp3) is 0.267. The third-order valence-corrected chi connectivity index (χ3v) is 5.22. The number of ether oxygens (including phenoxy) is 1. The van der Waals surface area contributed by atoms with Gasteiger partial charge in [0, 0.05) is 27.6 Å². The quantitative estimate of drug-likeness (QED) is 0.617. The van der Waals surface area contributed by atoms with Gasteiger partial charge in [0.15, 0.2) is 0 Å². The standard InChI is InChI=1S/C15H13N3O5S/c1-15(22)6-23-5-9-8-2-10(7-3-16-18(4-7)14(20)21)24-11(8)13(19)17-12(9)15/h2-4,22H,5-6H2,1H3,(H,17,19)(H,20,21). The van der Waals surface area contributed by atoms with Crippen LogP contribution in [-0.4, -0.2) is 37.7 Å². The van der Waals surface area contributed by atoms with Crippen molar-refractivity contribution < 1.29 is 19.7 Å². The van der Waals surface area contributed by atoms with Crippen molar-refractivity contribution in [3.63, 3.8) is 0 Å². The highest BCUT2D eigenvalue weighted by atomic mass is 32.1. The number of rotatable bonds is 1. The van der Waals surface area contributed by atoms with E-state index in [2.05, 4.69) is 10.1 Å². The number of aromatic amines is 1. The van der Waals surface area contributed by atoms with Crippen LogP contribution in [0.2, 0.25) is 0 Å². The van der Waals surface area contributed by atoms with Gasteiger partial charge in [-0.3, -0.25) is 4.79 Å². The molecule has 1 unspecified atom stereocenters. The lowest BCUT2D eigenvalue weighted by Gasteiger charge is -2.30. The Balaban J connectivity index is 1.94. The van der Waals surface area contributed by atoms with Gasteiger partial charge in [-0.15, -0.1) is 11.3 Å². The van der Waals surface area contributed by atoms with Gasteiger partial charge >= 0.3 is 6.09 Å². The molecule has 3 N–H and O–H groups in total. The maximum absolute atomic E-state index is 12.4. The van der Waals surface area contributed by atoms with Crippen molar-refractivity contribution in [2.24, 2.45) is 0 Å². The van der Waals surface area contributed by atoms with E-state index in [1.807, 2.05) is 6.07 Å². The molecule has 1 aliphatic rings. The largest absolute Gasteiger partial charge is 0.463 e. The number of thiophene rings is 1. The first-order valence-corrected chi connectivity index (χ1v) is 7.96. The molecule has 4 rings (SSSR count). The van der Waals surface area contributed by atoms with E-state index in [0.717, 1.165) is 15.1 Å². The molecule has 124 valence electrons. The van der Waals surface area contributed by atoms with E-state index < -0.39 is 11.7 Å². The summed E-state index contributed by atoms with van der Waals surface area (Å²) in [6, 6.07) is 1.81. The van der Waals surface area contributed by atoms with E-state index in [1.54, 1.807) is 6.92 Å². The number of hydrogen-bond donors (Lipinski definition) is 3. The second-order valence-corrected chi connectivity index (χ2v) is 6.94. The van der Waals surface area contributed by atoms with Gasteiger partial charge in [-0.25, -0.2) is 4.79 Å². The highest BCUT2D eigenvalue weighted by Crippen LogP contribution is 2.37. The molecule has 9 heteroatoms. The summed E-state index contributed by atoms with van der Waals surface area (Å²) in [5, 5.41) is 23.9. The van der Waals surface area contributed by atoms with E-state index in [9.17, 15) is 14.7 Å². The number of carbonyl (C=O) groups is 1. The Kier molecular flexibility index (Phi) is 3.14. The Morgan fingerprint density at radius 2 is 2.33 bits per heavy atom. The van der Waals surface area contributed by atoms with Gasteiger partial charge in [0.25, 0.3) is 5.56 Å². The average Bonchev–Trinajstić information content (AvgIpc) is 3.14. The molecule has 1 atom stereocenters. The molecule has 3 aromatic rings. The fourth-order valence-corrected chi connectivity index (χ4v) is 3.95. The third kappa shape index (κ3) is 2.17. The molecule has 24 heavy (non-hydrogen) atoms. The predicted molar refractivity (Wildman–Crippen MR) is 86.3 cm³/mol. The predicted octanol–water partition coefficient (Wildman–Crippen LogP) is 1.72. The monoisotopic (exact) mass is 347 g/mol. The van der Waals surface area contributed by atoms with Crippen LogP contribution in [0.15, 0.2) is 23.3 Å². The lowest BCUT2D eigenvalue weighted by molar-refractivity contribution is -0.0631. The van der Waals surface area contributed by atoms with Crippen molar-refractivity contribution in [2.75, 3.05) is 6.61 Å². The molecule has 0 saturated heterocycles. The molecule has 0 saturated carbocycles. The van der Waals surface area contributed by atoms with Crippen molar-refractivity contribution in [3.05, 3.63) is 40.1 Å². The molecule has 0 spiro atoms. The summed E-state index contributed by atoms with van der Waals surface area (Å²) in [5.41, 5.74) is 0.283. The normalized spacial score (nSPS) is 20.2. The summed E-state index contributed by atoms with van der Waals surface area (Å²) in [7, 11) is 0. The van der Waals surface area contributed by atoms with E-state index in [4.69, 9.17) is 9.84 Å². The van der Waals surface area contributed by atoms with Gasteiger partial charge in [-0.05, 0) is 13.0 Å². The zero-order valence-electron chi connectivity index (χ0n) is 12.6. The first-order valence-electron chi connectivity index (χ1n) is 7.14. The second-order valence-electron chi connectivity index (χ2n) is 5.88. The first kappa shape index (κ1) is 15.1. The van der Waals surface area contributed by atoms with Crippen LogP contribution >= 0.6 is 11.3 Å². The molecule has 4 heterocycles. The molecular weight excluding hydrogens is 334 g/mol. The van der Waals surface area contributed by atoms with Crippen LogP contribution in [0.5, 0.6) is 0 Å². The van der Waals surface area contributed by atoms with Gasteiger partial charge in [-0.1, -0.05) is 0 Å². The Morgan fingerprint density at radius 3 is 3.04 bits per heavy atom. The van der Waals surface area contributed by atoms with Crippen LogP contribution in [0.3, 0.4) is 0 Å². The molecule has 0 radical (unpaired) electrons. The summed E-state index contributed by atoms with van der Waals surface area (Å²) in [5.74, 6) is 0. The molecule has 0 aliphatic carbocycles. The number of fused-ring (bicyclic) bond motifs is 3. The minimum Gasteiger partial charge on any atom is -0.463 e. The molecule has 0 bridgehead atoms. The first-order chi connectivity index (χ1) is 11.4. The molecule has 0 amide bonds. The zero-order chi connectivity index (χ0) is 17.1. The summed E-state index contributed by atoms with van der Waals surface area (Å²) < 4.78 is 6.77. The van der Waals surface area contributed by atoms with Crippen molar-refractivity contribution in [3.8, 4) is 10.4 Å². The minimum absolute atomic E-state index is 0.115. The SMILES string of the molecule is CC1(O)COCc2c1[nH]c(=O)c1sc(-c3cnn(C(=O)O)c3)cc21. The van der Waals surface area contributed by atoms with Gasteiger partial charge in [0.05, 0.1) is 25.1 Å². The topological polar surface area (TPSA) is 117 Å². The maximum Gasteiger partial charge on any atom is 0.432 e. The van der Waals surface area contributed by atoms with Crippen LogP contribution in [0, 0.1) is 0 Å². The van der Waals surface area contributed by atoms with Crippen molar-refractivity contribution in [1.29, 1.82) is 0 Å². The number of aliphatic hydroxyl groups is 1. The van der Waals surface area contributed by atoms with E-state index >= 15 is 0 Å². The Hall–Kier alpha value is -2.49. The fourth-order valence-electron chi connectivity index (χ4n) is 2.89. The van der Waals surface area contributed by atoms with Crippen molar-refractivity contribution >= 4 is 27.5 Å². The third-order valence-electron chi connectivity index (χ3n) is 4.03. The number of aromatic nitrogens is 3. The van der Waals surface area contributed by atoms with Crippen molar-refractivity contribution in [1.82, 2.24) is 14.8 Å². The molecule has 8 nitrogen and oxygen atoms in total. The number of carboxylic acid groups (broad SMARTS) is 1. The Bertz CT molecular complexity index is 1030. The number of nitrogens with zero attached hydrogens (tertiary/aromatic N) is 2. The van der Waals surface area contributed by atoms with Crippen molar-refractivity contribution in [2.45, 2.75) is 19.1 Å². The number of nitrogens with one attached hydrogen (secondary N) is 1. The number of pyridine rings is 1. The Morgan fingerprint density at radius 1 is 1.54 bits per heavy atom. The summed E-state index contributed by atoms with van der Waals surface area (Å²) in [4.78, 5) is 26.8. The number of hydrogen-bond acceptors (Lipinski definition) is 6. The van der Waals surface area contributed by atoms with E-state index in [1.165, 1.54) is 23.7 Å². The van der Waals surface area contributed by atoms with Crippen LogP contribution in [-0.2, 0) is 16.9 Å². The second kappa shape index (κ2) is 5.00. The van der Waals surface area contributed by atoms with Gasteiger partial charge in [0.1, 0.15) is 10.3 Å². The smallest absolute Gasteiger partial charge is 0.432 e. The van der Waals surface area contributed by atoms with Gasteiger partial charge in [-0.2, -0.15) is 9.78 Å². The summed E-state index contributed by atoms with van der Waals surface area (Å²) in [6.45, 7) is 2.00. The molecule has 0 aromatic carbocycles. The van der Waals surface area contributed by atoms with Gasteiger partial charge in [0.2, 0.25) is 0 Å². The number of H-pyrrole nitrogens is 1. The lowest BCUT2D eigenvalue weighted by atomic mass is 9.94. The van der Waals surface area contributed by atoms with Crippen LogP contribution in [0.1, 0.15) is 18.2 Å². The molecular formula is C15H13N3O5S. The van der Waals surface area contributed by atoms with Crippen LogP contribution < -0.4 is 5.56 Å². The van der Waals surface area contributed by atoms with Crippen LogP contribution in [0.4, 0.5) is 4.79 Å². The van der Waals surface area contributed by atoms with Crippen LogP contribution in [0.25, 0.3) is 20.5 Å². The molecule has 3 aromatic heterocycles. The highest BCUT2D eigenvalue weighted by Gasteiger charge is 2.33. The molecule has 1 aliphatic heterocycles. The van der Waals surface area contributed by atoms with E-state index in [0.29, 0.717) is 28.0 Å². The van der Waals surface area contributed by atoms with E-state index in [-0.39, 0.29) is 12.2 Å². The molecule has 0 fully saturated rings. The maximum atomic E-state index is 12.4. The van der Waals surface area contributed by atoms with Gasteiger partial charge < -0.3 is 19.9 Å². The lowest BCUT2D eigenvalue weighted by Crippen LogP contribution is -2.36. The average molecular weight is 347 g/mol. The summed E-state index contributed by atoms with van der Waals surface area (Å²) >= 11 is 1.25. The Labute approximate surface area is 138 Å². The minimum atomic E-state index is -1.25.